The fourth-order valence-corrected chi connectivity index (χ4v) is 8.21. The van der Waals surface area contributed by atoms with E-state index in [9.17, 15) is 0 Å². The van der Waals surface area contributed by atoms with Crippen LogP contribution < -0.4 is 4.90 Å². The first-order valence-electron chi connectivity index (χ1n) is 17.2. The molecule has 1 aliphatic heterocycles. The van der Waals surface area contributed by atoms with E-state index >= 15 is 0 Å². The molecule has 0 N–H and O–H groups in total. The van der Waals surface area contributed by atoms with Crippen LogP contribution >= 0.6 is 0 Å². The molecule has 0 bridgehead atoms. The predicted octanol–water partition coefficient (Wildman–Crippen LogP) is 12.0. The van der Waals surface area contributed by atoms with Crippen molar-refractivity contribution in [2.45, 2.75) is 18.9 Å². The quantitative estimate of drug-likeness (QED) is 0.185. The Bertz CT molecular complexity index is 2490. The van der Waals surface area contributed by atoms with Gasteiger partial charge in [0.15, 0.2) is 0 Å². The van der Waals surface area contributed by atoms with E-state index in [0.29, 0.717) is 0 Å². The molecular weight excluding hydrogens is 593 g/mol. The van der Waals surface area contributed by atoms with Crippen molar-refractivity contribution in [2.75, 3.05) is 4.90 Å². The summed E-state index contributed by atoms with van der Waals surface area (Å²) in [6.07, 6.45) is 1.97. The highest BCUT2D eigenvalue weighted by Gasteiger charge is 2.32. The summed E-state index contributed by atoms with van der Waals surface area (Å²) in [5.41, 5.74) is 18.1. The lowest BCUT2D eigenvalue weighted by molar-refractivity contribution is 0.743. The van der Waals surface area contributed by atoms with Gasteiger partial charge in [0.2, 0.25) is 0 Å². The summed E-state index contributed by atoms with van der Waals surface area (Å²) in [4.78, 5) is 2.51. The molecule has 0 fully saturated rings. The molecule has 1 unspecified atom stereocenters. The van der Waals surface area contributed by atoms with Crippen LogP contribution in [0.25, 0.3) is 50.1 Å². The zero-order chi connectivity index (χ0) is 32.3. The number of aromatic nitrogens is 1. The molecule has 1 aromatic heterocycles. The Morgan fingerprint density at radius 1 is 0.449 bits per heavy atom. The van der Waals surface area contributed by atoms with Gasteiger partial charge in [-0.2, -0.15) is 0 Å². The molecule has 1 aliphatic carbocycles. The number of nitrogens with zero attached hydrogens (tertiary/aromatic N) is 2. The lowest BCUT2D eigenvalue weighted by atomic mass is 9.98. The van der Waals surface area contributed by atoms with Gasteiger partial charge >= 0.3 is 0 Å². The first kappa shape index (κ1) is 27.9. The second kappa shape index (κ2) is 11.2. The number of para-hydroxylation sites is 1. The topological polar surface area (TPSA) is 8.17 Å². The van der Waals surface area contributed by atoms with Crippen LogP contribution in [-0.4, -0.2) is 4.57 Å². The van der Waals surface area contributed by atoms with Crippen molar-refractivity contribution in [3.8, 4) is 39.2 Å². The van der Waals surface area contributed by atoms with Gasteiger partial charge in [-0.15, -0.1) is 0 Å². The normalized spacial score (nSPS) is 14.5. The molecule has 2 heteroatoms. The van der Waals surface area contributed by atoms with Gasteiger partial charge in [0.25, 0.3) is 0 Å². The van der Waals surface area contributed by atoms with E-state index in [-0.39, 0.29) is 6.04 Å². The van der Waals surface area contributed by atoms with Crippen molar-refractivity contribution >= 4 is 22.3 Å². The highest BCUT2D eigenvalue weighted by molar-refractivity contribution is 5.93. The SMILES string of the molecule is c1ccc(-c2cc3ccc(-c4ccc5c(c4)CC(c4ccccc4)N5c4ccccc4)cc3n2-c2ccc3c(c2)-c2ccccc2C3)cc1. The molecular formula is C47H34N2. The highest BCUT2D eigenvalue weighted by Crippen LogP contribution is 2.47. The highest BCUT2D eigenvalue weighted by atomic mass is 15.2. The molecule has 2 aliphatic rings. The maximum Gasteiger partial charge on any atom is 0.0632 e. The van der Waals surface area contributed by atoms with Crippen molar-refractivity contribution in [3.63, 3.8) is 0 Å². The maximum atomic E-state index is 2.51. The lowest BCUT2D eigenvalue weighted by Crippen LogP contribution is -2.19. The lowest BCUT2D eigenvalue weighted by Gasteiger charge is -2.28. The zero-order valence-corrected chi connectivity index (χ0v) is 27.1. The monoisotopic (exact) mass is 626 g/mol. The summed E-state index contributed by atoms with van der Waals surface area (Å²) in [6.45, 7) is 0. The molecule has 0 amide bonds. The van der Waals surface area contributed by atoms with E-state index < -0.39 is 0 Å². The third kappa shape index (κ3) is 4.63. The molecule has 8 aromatic rings. The first-order valence-corrected chi connectivity index (χ1v) is 17.2. The molecule has 0 radical (unpaired) electrons. The van der Waals surface area contributed by atoms with Crippen molar-refractivity contribution in [1.29, 1.82) is 0 Å². The molecule has 10 rings (SSSR count). The van der Waals surface area contributed by atoms with Gasteiger partial charge in [-0.3, -0.25) is 0 Å². The number of hydrogen-bond acceptors (Lipinski definition) is 1. The Morgan fingerprint density at radius 3 is 1.98 bits per heavy atom. The van der Waals surface area contributed by atoms with E-state index in [4.69, 9.17) is 0 Å². The second-order valence-electron chi connectivity index (χ2n) is 13.4. The van der Waals surface area contributed by atoms with Gasteiger partial charge in [0.1, 0.15) is 0 Å². The largest absolute Gasteiger partial charge is 0.333 e. The standard InChI is InChI=1S/C47H34N2/c1-4-12-32(13-5-1)45-29-38-21-20-35(28-47(38)49(45)41-24-22-37-27-36-16-10-11-19-42(36)43(37)31-41)34-23-25-44-39(26-34)30-46(33-14-6-2-7-15-33)48(44)40-17-8-3-9-18-40/h1-26,28-29,31,46H,27,30H2. The first-order chi connectivity index (χ1) is 24.3. The predicted molar refractivity (Wildman–Crippen MR) is 204 cm³/mol. The number of anilines is 2. The molecule has 2 nitrogen and oxygen atoms in total. The van der Waals surface area contributed by atoms with Crippen molar-refractivity contribution in [2.24, 2.45) is 0 Å². The smallest absolute Gasteiger partial charge is 0.0632 e. The third-order valence-electron chi connectivity index (χ3n) is 10.5. The molecule has 0 saturated heterocycles. The molecule has 49 heavy (non-hydrogen) atoms. The average molecular weight is 627 g/mol. The van der Waals surface area contributed by atoms with Crippen molar-refractivity contribution in [3.05, 3.63) is 198 Å². The molecule has 232 valence electrons. The summed E-state index contributed by atoms with van der Waals surface area (Å²) < 4.78 is 2.46. The van der Waals surface area contributed by atoms with Crippen LogP contribution in [0.1, 0.15) is 28.3 Å². The van der Waals surface area contributed by atoms with Crippen LogP contribution in [0.5, 0.6) is 0 Å². The maximum absolute atomic E-state index is 2.51. The van der Waals surface area contributed by atoms with Crippen LogP contribution in [-0.2, 0) is 12.8 Å². The Kier molecular flexibility index (Phi) is 6.41. The Morgan fingerprint density at radius 2 is 1.14 bits per heavy atom. The summed E-state index contributed by atoms with van der Waals surface area (Å²) in [5.74, 6) is 0. The Labute approximate surface area is 287 Å². The summed E-state index contributed by atoms with van der Waals surface area (Å²) in [7, 11) is 0. The molecule has 2 heterocycles. The van der Waals surface area contributed by atoms with Crippen LogP contribution in [0.15, 0.2) is 176 Å². The van der Waals surface area contributed by atoms with Crippen LogP contribution in [0.2, 0.25) is 0 Å². The summed E-state index contributed by atoms with van der Waals surface area (Å²) in [5, 5.41) is 1.24. The molecule has 0 saturated carbocycles. The number of rotatable bonds is 5. The Balaban J connectivity index is 1.11. The molecule has 0 spiro atoms. The van der Waals surface area contributed by atoms with Gasteiger partial charge in [0.05, 0.1) is 17.3 Å². The Hall–Kier alpha value is -6.12. The number of hydrogen-bond donors (Lipinski definition) is 0. The van der Waals surface area contributed by atoms with E-state index in [2.05, 4.69) is 185 Å². The van der Waals surface area contributed by atoms with E-state index in [1.807, 2.05) is 0 Å². The van der Waals surface area contributed by atoms with Crippen LogP contribution in [0, 0.1) is 0 Å². The fraction of sp³-hybridized carbons (Fsp3) is 0.0638. The van der Waals surface area contributed by atoms with Gasteiger partial charge in [-0.25, -0.2) is 0 Å². The van der Waals surface area contributed by atoms with Crippen molar-refractivity contribution in [1.82, 2.24) is 4.57 Å². The van der Waals surface area contributed by atoms with Crippen LogP contribution in [0.3, 0.4) is 0 Å². The average Bonchev–Trinajstić information content (AvgIpc) is 3.86. The van der Waals surface area contributed by atoms with E-state index in [1.165, 1.54) is 83.7 Å². The van der Waals surface area contributed by atoms with Gasteiger partial charge < -0.3 is 9.47 Å². The third-order valence-corrected chi connectivity index (χ3v) is 10.5. The number of fused-ring (bicyclic) bond motifs is 5. The van der Waals surface area contributed by atoms with E-state index in [0.717, 1.165) is 12.8 Å². The minimum absolute atomic E-state index is 0.256. The van der Waals surface area contributed by atoms with Crippen LogP contribution in [0.4, 0.5) is 11.4 Å². The minimum atomic E-state index is 0.256. The zero-order valence-electron chi connectivity index (χ0n) is 27.1. The number of benzene rings is 7. The summed E-state index contributed by atoms with van der Waals surface area (Å²) >= 11 is 0. The van der Waals surface area contributed by atoms with Gasteiger partial charge in [0, 0.05) is 22.4 Å². The van der Waals surface area contributed by atoms with Gasteiger partial charge in [-0.1, -0.05) is 127 Å². The molecule has 7 aromatic carbocycles. The molecule has 1 atom stereocenters. The van der Waals surface area contributed by atoms with E-state index in [1.54, 1.807) is 0 Å². The van der Waals surface area contributed by atoms with Crippen molar-refractivity contribution < 1.29 is 0 Å². The van der Waals surface area contributed by atoms with Gasteiger partial charge in [-0.05, 0) is 111 Å². The fourth-order valence-electron chi connectivity index (χ4n) is 8.21. The minimum Gasteiger partial charge on any atom is -0.333 e. The summed E-state index contributed by atoms with van der Waals surface area (Å²) in [6, 6.07) is 65.1. The second-order valence-corrected chi connectivity index (χ2v) is 13.4.